The zero-order valence-electron chi connectivity index (χ0n) is 16.2. The first-order valence-corrected chi connectivity index (χ1v) is 10.3. The fraction of sp³-hybridized carbons (Fsp3) is 0.0870. The van der Waals surface area contributed by atoms with Crippen LogP contribution in [0.15, 0.2) is 72.4 Å². The minimum atomic E-state index is -0.641. The van der Waals surface area contributed by atoms with Crippen LogP contribution in [0.4, 0.5) is 8.78 Å². The summed E-state index contributed by atoms with van der Waals surface area (Å²) in [4.78, 5) is 20.7. The Bertz CT molecular complexity index is 1160. The van der Waals surface area contributed by atoms with Crippen molar-refractivity contribution in [3.8, 4) is 16.3 Å². The molecular weight excluding hydrogens is 420 g/mol. The number of thiazole rings is 1. The molecule has 0 aliphatic heterocycles. The number of rotatable bonds is 7. The van der Waals surface area contributed by atoms with Crippen molar-refractivity contribution >= 4 is 17.2 Å². The summed E-state index contributed by atoms with van der Waals surface area (Å²) in [6.45, 7) is 0.424. The lowest BCUT2D eigenvalue weighted by Gasteiger charge is -2.07. The molecule has 0 atom stereocenters. The maximum atomic E-state index is 13.3. The van der Waals surface area contributed by atoms with E-state index in [-0.39, 0.29) is 12.5 Å². The summed E-state index contributed by atoms with van der Waals surface area (Å²) < 4.78 is 32.1. The average molecular weight is 437 g/mol. The van der Waals surface area contributed by atoms with E-state index in [1.165, 1.54) is 23.5 Å². The molecule has 2 aromatic heterocycles. The van der Waals surface area contributed by atoms with Crippen LogP contribution in [0, 0.1) is 11.6 Å². The molecule has 2 aromatic carbocycles. The molecule has 4 rings (SSSR count). The number of aromatic nitrogens is 2. The van der Waals surface area contributed by atoms with Crippen molar-refractivity contribution in [2.45, 2.75) is 13.2 Å². The fourth-order valence-electron chi connectivity index (χ4n) is 2.84. The predicted octanol–water partition coefficient (Wildman–Crippen LogP) is 4.99. The predicted molar refractivity (Wildman–Crippen MR) is 114 cm³/mol. The number of halogens is 2. The third kappa shape index (κ3) is 5.49. The van der Waals surface area contributed by atoms with Gasteiger partial charge in [-0.05, 0) is 53.6 Å². The Balaban J connectivity index is 1.35. The topological polar surface area (TPSA) is 64.1 Å². The van der Waals surface area contributed by atoms with Gasteiger partial charge in [-0.2, -0.15) is 0 Å². The maximum absolute atomic E-state index is 13.3. The van der Waals surface area contributed by atoms with Crippen molar-refractivity contribution in [1.29, 1.82) is 0 Å². The maximum Gasteiger partial charge on any atom is 0.271 e. The monoisotopic (exact) mass is 437 g/mol. The molecule has 0 bridgehead atoms. The first kappa shape index (κ1) is 20.6. The molecule has 1 amide bonds. The molecule has 0 radical (unpaired) electrons. The van der Waals surface area contributed by atoms with Gasteiger partial charge in [0.2, 0.25) is 0 Å². The molecule has 8 heteroatoms. The molecule has 5 nitrogen and oxygen atoms in total. The van der Waals surface area contributed by atoms with Crippen LogP contribution in [-0.2, 0) is 13.2 Å². The SMILES string of the molecule is O=C(NCc1cccnc1)c1csc(-c2ccc(OCc3cc(F)cc(F)c3)cc2)n1. The molecule has 0 aliphatic carbocycles. The van der Waals surface area contributed by atoms with Gasteiger partial charge in [0.05, 0.1) is 0 Å². The zero-order valence-corrected chi connectivity index (χ0v) is 17.0. The number of carbonyl (C=O) groups excluding carboxylic acids is 1. The summed E-state index contributed by atoms with van der Waals surface area (Å²) in [5.74, 6) is -0.982. The number of carbonyl (C=O) groups is 1. The summed E-state index contributed by atoms with van der Waals surface area (Å²) in [6.07, 6.45) is 3.37. The van der Waals surface area contributed by atoms with Gasteiger partial charge in [-0.15, -0.1) is 11.3 Å². The molecule has 0 fully saturated rings. The van der Waals surface area contributed by atoms with E-state index in [9.17, 15) is 13.6 Å². The van der Waals surface area contributed by atoms with Gasteiger partial charge in [0.1, 0.15) is 34.7 Å². The Labute approximate surface area is 181 Å². The summed E-state index contributed by atoms with van der Waals surface area (Å²) in [7, 11) is 0. The first-order chi connectivity index (χ1) is 15.1. The van der Waals surface area contributed by atoms with Crippen LogP contribution in [0.2, 0.25) is 0 Å². The van der Waals surface area contributed by atoms with Crippen LogP contribution < -0.4 is 10.1 Å². The molecule has 0 saturated carbocycles. The van der Waals surface area contributed by atoms with E-state index in [1.807, 2.05) is 24.3 Å². The molecule has 0 saturated heterocycles. The number of nitrogens with zero attached hydrogens (tertiary/aromatic N) is 2. The van der Waals surface area contributed by atoms with Gasteiger partial charge in [-0.25, -0.2) is 13.8 Å². The van der Waals surface area contributed by atoms with E-state index in [4.69, 9.17) is 4.74 Å². The van der Waals surface area contributed by atoms with E-state index in [1.54, 1.807) is 29.9 Å². The minimum Gasteiger partial charge on any atom is -0.489 e. The molecule has 2 heterocycles. The number of benzene rings is 2. The van der Waals surface area contributed by atoms with Crippen LogP contribution >= 0.6 is 11.3 Å². The third-order valence-corrected chi connectivity index (χ3v) is 5.23. The van der Waals surface area contributed by atoms with E-state index < -0.39 is 11.6 Å². The molecule has 31 heavy (non-hydrogen) atoms. The van der Waals surface area contributed by atoms with E-state index in [0.717, 1.165) is 17.2 Å². The second kappa shape index (κ2) is 9.44. The Hall–Kier alpha value is -3.65. The molecule has 156 valence electrons. The number of pyridine rings is 1. The van der Waals surface area contributed by atoms with Gasteiger partial charge in [-0.3, -0.25) is 9.78 Å². The number of hydrogen-bond donors (Lipinski definition) is 1. The lowest BCUT2D eigenvalue weighted by atomic mass is 10.2. The highest BCUT2D eigenvalue weighted by atomic mass is 32.1. The molecule has 4 aromatic rings. The highest BCUT2D eigenvalue weighted by Gasteiger charge is 2.12. The van der Waals surface area contributed by atoms with Crippen LogP contribution in [0.25, 0.3) is 10.6 Å². The van der Waals surface area contributed by atoms with E-state index in [2.05, 4.69) is 15.3 Å². The van der Waals surface area contributed by atoms with Gasteiger partial charge < -0.3 is 10.1 Å². The Morgan fingerprint density at radius 3 is 2.52 bits per heavy atom. The van der Waals surface area contributed by atoms with Crippen LogP contribution in [-0.4, -0.2) is 15.9 Å². The fourth-order valence-corrected chi connectivity index (χ4v) is 3.65. The van der Waals surface area contributed by atoms with Gasteiger partial charge in [0, 0.05) is 35.9 Å². The average Bonchev–Trinajstić information content (AvgIpc) is 3.27. The number of amides is 1. The van der Waals surface area contributed by atoms with Crippen LogP contribution in [0.3, 0.4) is 0 Å². The molecule has 1 N–H and O–H groups in total. The van der Waals surface area contributed by atoms with Crippen molar-refractivity contribution in [3.63, 3.8) is 0 Å². The highest BCUT2D eigenvalue weighted by molar-refractivity contribution is 7.13. The van der Waals surface area contributed by atoms with Crippen molar-refractivity contribution < 1.29 is 18.3 Å². The van der Waals surface area contributed by atoms with Gasteiger partial charge >= 0.3 is 0 Å². The summed E-state index contributed by atoms with van der Waals surface area (Å²) in [5.41, 5.74) is 2.49. The third-order valence-electron chi connectivity index (χ3n) is 4.34. The number of ether oxygens (including phenoxy) is 1. The largest absolute Gasteiger partial charge is 0.489 e. The minimum absolute atomic E-state index is 0.0481. The summed E-state index contributed by atoms with van der Waals surface area (Å²) in [5, 5.41) is 5.23. The highest BCUT2D eigenvalue weighted by Crippen LogP contribution is 2.26. The Kier molecular flexibility index (Phi) is 6.28. The Morgan fingerprint density at radius 1 is 1.03 bits per heavy atom. The quantitative estimate of drug-likeness (QED) is 0.442. The standard InChI is InChI=1S/C23H17F2N3O2S/c24-18-8-16(9-19(25)10-18)13-30-20-5-3-17(4-6-20)23-28-21(14-31-23)22(29)27-12-15-2-1-7-26-11-15/h1-11,14H,12-13H2,(H,27,29). The Morgan fingerprint density at radius 2 is 1.81 bits per heavy atom. The first-order valence-electron chi connectivity index (χ1n) is 9.38. The molecule has 0 spiro atoms. The molecule has 0 unspecified atom stereocenters. The summed E-state index contributed by atoms with van der Waals surface area (Å²) >= 11 is 1.36. The second-order valence-electron chi connectivity index (χ2n) is 6.67. The van der Waals surface area contributed by atoms with Crippen molar-refractivity contribution in [3.05, 3.63) is 101 Å². The van der Waals surface area contributed by atoms with Gasteiger partial charge in [-0.1, -0.05) is 6.07 Å². The lowest BCUT2D eigenvalue weighted by molar-refractivity contribution is 0.0946. The second-order valence-corrected chi connectivity index (χ2v) is 7.53. The van der Waals surface area contributed by atoms with Crippen LogP contribution in [0.1, 0.15) is 21.6 Å². The normalized spacial score (nSPS) is 10.6. The van der Waals surface area contributed by atoms with Crippen LogP contribution in [0.5, 0.6) is 5.75 Å². The van der Waals surface area contributed by atoms with E-state index in [0.29, 0.717) is 28.6 Å². The van der Waals surface area contributed by atoms with Gasteiger partial charge in [0.15, 0.2) is 0 Å². The summed E-state index contributed by atoms with van der Waals surface area (Å²) in [6, 6.07) is 14.1. The van der Waals surface area contributed by atoms with Crippen molar-refractivity contribution in [1.82, 2.24) is 15.3 Å². The van der Waals surface area contributed by atoms with Crippen molar-refractivity contribution in [2.24, 2.45) is 0 Å². The van der Waals surface area contributed by atoms with Gasteiger partial charge in [0.25, 0.3) is 5.91 Å². The lowest BCUT2D eigenvalue weighted by Crippen LogP contribution is -2.23. The number of hydrogen-bond acceptors (Lipinski definition) is 5. The zero-order chi connectivity index (χ0) is 21.6. The smallest absolute Gasteiger partial charge is 0.271 e. The molecular formula is C23H17F2N3O2S. The molecule has 0 aliphatic rings. The van der Waals surface area contributed by atoms with Crippen molar-refractivity contribution in [2.75, 3.05) is 0 Å². The van der Waals surface area contributed by atoms with E-state index >= 15 is 0 Å². The number of nitrogens with one attached hydrogen (secondary N) is 1.